The lowest BCUT2D eigenvalue weighted by Gasteiger charge is -2.33. The first-order chi connectivity index (χ1) is 14.0. The Morgan fingerprint density at radius 1 is 1.16 bits per heavy atom. The number of carbonyl (C=O) groups is 2. The van der Waals surface area contributed by atoms with Crippen LogP contribution < -0.4 is 4.74 Å². The van der Waals surface area contributed by atoms with E-state index in [0.29, 0.717) is 31.6 Å². The molecule has 1 aliphatic rings. The SMILES string of the molecule is C.CC(C)(C)OC(=O)N1CCC(CCOc2cc(F)c(C(=O)N=S(=O)=O)cc2F)CC1. The summed E-state index contributed by atoms with van der Waals surface area (Å²) in [5.74, 6) is -3.65. The summed E-state index contributed by atoms with van der Waals surface area (Å²) < 4.78 is 62.1. The minimum atomic E-state index is -3.06. The van der Waals surface area contributed by atoms with Crippen molar-refractivity contribution in [1.29, 1.82) is 0 Å². The molecule has 0 N–H and O–H groups in total. The Morgan fingerprint density at radius 3 is 2.32 bits per heavy atom. The van der Waals surface area contributed by atoms with Crippen LogP contribution >= 0.6 is 0 Å². The van der Waals surface area contributed by atoms with Crippen LogP contribution in [0.25, 0.3) is 0 Å². The fraction of sp³-hybridized carbons (Fsp3) is 0.600. The highest BCUT2D eigenvalue weighted by Crippen LogP contribution is 2.25. The van der Waals surface area contributed by atoms with Crippen molar-refractivity contribution in [3.05, 3.63) is 29.3 Å². The van der Waals surface area contributed by atoms with Crippen LogP contribution in [0.4, 0.5) is 13.6 Å². The normalized spacial score (nSPS) is 14.4. The first-order valence-electron chi connectivity index (χ1n) is 9.41. The molecule has 8 nitrogen and oxygen atoms in total. The summed E-state index contributed by atoms with van der Waals surface area (Å²) in [6, 6.07) is 1.25. The molecular weight excluding hydrogens is 434 g/mol. The molecular formula is C20H28F2N2O6S. The molecule has 31 heavy (non-hydrogen) atoms. The van der Waals surface area contributed by atoms with E-state index in [0.717, 1.165) is 12.8 Å². The number of carbonyl (C=O) groups excluding carboxylic acids is 2. The Hall–Kier alpha value is -2.56. The highest BCUT2D eigenvalue weighted by atomic mass is 32.2. The number of hydrogen-bond donors (Lipinski definition) is 0. The number of halogens is 2. The molecule has 11 heteroatoms. The average molecular weight is 463 g/mol. The Bertz CT molecular complexity index is 928. The molecule has 1 fully saturated rings. The Balaban J connectivity index is 0.00000480. The average Bonchev–Trinajstić information content (AvgIpc) is 2.62. The van der Waals surface area contributed by atoms with Gasteiger partial charge in [-0.25, -0.2) is 13.6 Å². The molecule has 1 aromatic rings. The molecule has 0 bridgehead atoms. The van der Waals surface area contributed by atoms with E-state index in [1.165, 1.54) is 0 Å². The second kappa shape index (κ2) is 11.2. The third kappa shape index (κ3) is 8.23. The minimum absolute atomic E-state index is 0. The molecule has 2 rings (SSSR count). The van der Waals surface area contributed by atoms with Gasteiger partial charge in [-0.3, -0.25) is 4.79 Å². The van der Waals surface area contributed by atoms with Crippen molar-refractivity contribution in [3.63, 3.8) is 0 Å². The van der Waals surface area contributed by atoms with E-state index >= 15 is 0 Å². The van der Waals surface area contributed by atoms with Gasteiger partial charge in [-0.15, -0.1) is 0 Å². The zero-order valence-electron chi connectivity index (χ0n) is 17.0. The smallest absolute Gasteiger partial charge is 0.410 e. The van der Waals surface area contributed by atoms with Crippen LogP contribution in [0.2, 0.25) is 0 Å². The molecule has 0 aliphatic carbocycles. The lowest BCUT2D eigenvalue weighted by atomic mass is 9.94. The molecule has 0 radical (unpaired) electrons. The summed E-state index contributed by atoms with van der Waals surface area (Å²) in [4.78, 5) is 25.2. The van der Waals surface area contributed by atoms with Crippen molar-refractivity contribution in [3.8, 4) is 5.75 Å². The zero-order valence-corrected chi connectivity index (χ0v) is 17.8. The first-order valence-corrected chi connectivity index (χ1v) is 10.4. The largest absolute Gasteiger partial charge is 0.490 e. The van der Waals surface area contributed by atoms with Gasteiger partial charge in [0.15, 0.2) is 11.6 Å². The van der Waals surface area contributed by atoms with Crippen LogP contribution in [0.1, 0.15) is 57.8 Å². The van der Waals surface area contributed by atoms with Crippen LogP contribution in [-0.4, -0.2) is 50.6 Å². The van der Waals surface area contributed by atoms with E-state index in [4.69, 9.17) is 9.47 Å². The van der Waals surface area contributed by atoms with E-state index in [9.17, 15) is 26.8 Å². The molecule has 1 aromatic carbocycles. The maximum absolute atomic E-state index is 14.1. The van der Waals surface area contributed by atoms with E-state index < -0.39 is 39.2 Å². The molecule has 1 saturated heterocycles. The predicted molar refractivity (Wildman–Crippen MR) is 109 cm³/mol. The van der Waals surface area contributed by atoms with Gasteiger partial charge in [0.1, 0.15) is 11.4 Å². The Morgan fingerprint density at radius 2 is 1.77 bits per heavy atom. The summed E-state index contributed by atoms with van der Waals surface area (Å²) in [5, 5.41) is 0. The van der Waals surface area contributed by atoms with Crippen LogP contribution in [0.3, 0.4) is 0 Å². The fourth-order valence-corrected chi connectivity index (χ4v) is 3.22. The van der Waals surface area contributed by atoms with Gasteiger partial charge >= 0.3 is 16.6 Å². The van der Waals surface area contributed by atoms with E-state index in [1.54, 1.807) is 25.7 Å². The van der Waals surface area contributed by atoms with Crippen molar-refractivity contribution >= 4 is 22.5 Å². The highest BCUT2D eigenvalue weighted by Gasteiger charge is 2.27. The summed E-state index contributed by atoms with van der Waals surface area (Å²) in [6.45, 7) is 6.63. The molecule has 0 unspecified atom stereocenters. The number of rotatable bonds is 5. The number of amides is 2. The monoisotopic (exact) mass is 462 g/mol. The maximum Gasteiger partial charge on any atom is 0.410 e. The van der Waals surface area contributed by atoms with Crippen molar-refractivity contribution in [2.75, 3.05) is 19.7 Å². The third-order valence-corrected chi connectivity index (χ3v) is 4.77. The number of likely N-dealkylation sites (tertiary alicyclic amines) is 1. The standard InChI is InChI=1S/C19H24F2N2O6S.CH4/c1-19(2,3)29-18(25)23-7-4-12(5-8-23)6-9-28-16-11-14(20)13(10-15(16)21)17(24)22-30(26)27;/h10-12H,4-9H2,1-3H3;1H4. The summed E-state index contributed by atoms with van der Waals surface area (Å²) in [5.41, 5.74) is -1.35. The van der Waals surface area contributed by atoms with Gasteiger partial charge in [-0.05, 0) is 52.0 Å². The van der Waals surface area contributed by atoms with Gasteiger partial charge in [0.25, 0.3) is 5.91 Å². The van der Waals surface area contributed by atoms with Crippen LogP contribution in [0.5, 0.6) is 5.75 Å². The second-order valence-electron chi connectivity index (χ2n) is 7.92. The van der Waals surface area contributed by atoms with Gasteiger partial charge < -0.3 is 14.4 Å². The van der Waals surface area contributed by atoms with Crippen molar-refractivity contribution < 1.29 is 36.3 Å². The Labute approximate surface area is 182 Å². The fourth-order valence-electron chi connectivity index (χ4n) is 2.99. The molecule has 174 valence electrons. The van der Waals surface area contributed by atoms with Gasteiger partial charge in [0.2, 0.25) is 0 Å². The first kappa shape index (κ1) is 26.5. The molecule has 0 spiro atoms. The van der Waals surface area contributed by atoms with E-state index in [-0.39, 0.29) is 31.8 Å². The maximum atomic E-state index is 14.1. The summed E-state index contributed by atoms with van der Waals surface area (Å²) in [6.07, 6.45) is 1.70. The number of ether oxygens (including phenoxy) is 2. The number of benzene rings is 1. The molecule has 0 atom stereocenters. The van der Waals surface area contributed by atoms with Gasteiger partial charge in [0.05, 0.1) is 12.2 Å². The second-order valence-corrected chi connectivity index (χ2v) is 8.54. The van der Waals surface area contributed by atoms with Gasteiger partial charge in [-0.1, -0.05) is 11.8 Å². The summed E-state index contributed by atoms with van der Waals surface area (Å²) >= 11 is 0. The predicted octanol–water partition coefficient (Wildman–Crippen LogP) is 4.22. The van der Waals surface area contributed by atoms with Crippen molar-refractivity contribution in [2.45, 2.75) is 53.1 Å². The topological polar surface area (TPSA) is 102 Å². The number of nitrogens with zero attached hydrogens (tertiary/aromatic N) is 2. The van der Waals surface area contributed by atoms with E-state index in [2.05, 4.69) is 4.36 Å². The third-order valence-electron chi connectivity index (χ3n) is 4.46. The number of piperidine rings is 1. The highest BCUT2D eigenvalue weighted by molar-refractivity contribution is 7.62. The lowest BCUT2D eigenvalue weighted by molar-refractivity contribution is 0.0177. The molecule has 2 amide bonds. The summed E-state index contributed by atoms with van der Waals surface area (Å²) in [7, 11) is -3.06. The Kier molecular flexibility index (Phi) is 9.54. The molecule has 1 aliphatic heterocycles. The quantitative estimate of drug-likeness (QED) is 0.649. The molecule has 0 aromatic heterocycles. The van der Waals surface area contributed by atoms with Crippen LogP contribution in [-0.2, 0) is 15.2 Å². The van der Waals surface area contributed by atoms with E-state index in [1.807, 2.05) is 0 Å². The molecule has 0 saturated carbocycles. The van der Waals surface area contributed by atoms with Crippen LogP contribution in [0, 0.1) is 17.6 Å². The van der Waals surface area contributed by atoms with Gasteiger partial charge in [0, 0.05) is 19.2 Å². The van der Waals surface area contributed by atoms with Crippen molar-refractivity contribution in [2.24, 2.45) is 10.3 Å². The number of hydrogen-bond acceptors (Lipinski definition) is 6. The van der Waals surface area contributed by atoms with Gasteiger partial charge in [-0.2, -0.15) is 8.42 Å². The molecule has 1 heterocycles. The zero-order chi connectivity index (χ0) is 22.5. The minimum Gasteiger partial charge on any atom is -0.490 e. The van der Waals surface area contributed by atoms with Crippen molar-refractivity contribution in [1.82, 2.24) is 4.90 Å². The van der Waals surface area contributed by atoms with Crippen LogP contribution in [0.15, 0.2) is 16.5 Å². The lowest BCUT2D eigenvalue weighted by Crippen LogP contribution is -2.41.